The maximum Gasteiger partial charge on any atom is 0.235 e. The highest BCUT2D eigenvalue weighted by Crippen LogP contribution is 2.34. The minimum Gasteiger partial charge on any atom is -0.454 e. The number of halogens is 2. The van der Waals surface area contributed by atoms with E-state index in [1.807, 2.05) is 53.1 Å². The van der Waals surface area contributed by atoms with Crippen molar-refractivity contribution in [3.8, 4) is 22.9 Å². The first kappa shape index (κ1) is 21.9. The number of ether oxygens (including phenoxy) is 2. The molecule has 0 atom stereocenters. The topological polar surface area (TPSA) is 78.3 Å². The zero-order valence-corrected chi connectivity index (χ0v) is 18.5. The highest BCUT2D eigenvalue weighted by molar-refractivity contribution is 7.99. The van der Waals surface area contributed by atoms with Gasteiger partial charge in [-0.15, -0.1) is 10.2 Å². The zero-order chi connectivity index (χ0) is 23.5. The summed E-state index contributed by atoms with van der Waals surface area (Å²) in [5.41, 5.74) is 1.32. The normalized spacial score (nSPS) is 12.1. The molecule has 172 valence electrons. The molecule has 2 heterocycles. The summed E-state index contributed by atoms with van der Waals surface area (Å²) >= 11 is 1.12. The Kier molecular flexibility index (Phi) is 6.13. The Balaban J connectivity index is 1.38. The van der Waals surface area contributed by atoms with Crippen molar-refractivity contribution in [2.75, 3.05) is 17.9 Å². The minimum atomic E-state index is -0.837. The van der Waals surface area contributed by atoms with E-state index in [1.54, 1.807) is 0 Å². The molecular weight excluding hydrogens is 462 g/mol. The van der Waals surface area contributed by atoms with E-state index in [9.17, 15) is 13.6 Å². The summed E-state index contributed by atoms with van der Waals surface area (Å²) in [5, 5.41) is 11.4. The van der Waals surface area contributed by atoms with Crippen molar-refractivity contribution in [3.05, 3.63) is 83.9 Å². The fourth-order valence-corrected chi connectivity index (χ4v) is 4.22. The summed E-state index contributed by atoms with van der Waals surface area (Å²) in [5.74, 6) is -0.377. The van der Waals surface area contributed by atoms with Gasteiger partial charge in [0.2, 0.25) is 12.7 Å². The van der Waals surface area contributed by atoms with Gasteiger partial charge in [-0.05, 0) is 29.8 Å². The van der Waals surface area contributed by atoms with Crippen molar-refractivity contribution >= 4 is 23.4 Å². The molecule has 10 heteroatoms. The zero-order valence-electron chi connectivity index (χ0n) is 17.7. The average molecular weight is 480 g/mol. The molecule has 1 aliphatic rings. The Labute approximate surface area is 197 Å². The molecule has 5 rings (SSSR count). The van der Waals surface area contributed by atoms with E-state index in [2.05, 4.69) is 15.5 Å². The summed E-state index contributed by atoms with van der Waals surface area (Å²) in [4.78, 5) is 12.4. The number of anilines is 1. The second kappa shape index (κ2) is 9.52. The fourth-order valence-electron chi connectivity index (χ4n) is 3.48. The number of para-hydroxylation sites is 1. The third-order valence-electron chi connectivity index (χ3n) is 5.09. The lowest BCUT2D eigenvalue weighted by Gasteiger charge is -2.11. The van der Waals surface area contributed by atoms with E-state index in [4.69, 9.17) is 9.47 Å². The molecule has 1 aromatic heterocycles. The minimum absolute atomic E-state index is 0.109. The number of rotatable bonds is 7. The fraction of sp³-hybridized carbons (Fsp3) is 0.125. The lowest BCUT2D eigenvalue weighted by molar-refractivity contribution is -0.113. The van der Waals surface area contributed by atoms with Gasteiger partial charge in [0.15, 0.2) is 22.5 Å². The number of aromatic nitrogens is 3. The van der Waals surface area contributed by atoms with E-state index in [1.165, 1.54) is 6.07 Å². The van der Waals surface area contributed by atoms with Gasteiger partial charge in [-0.1, -0.05) is 54.2 Å². The summed E-state index contributed by atoms with van der Waals surface area (Å²) in [6.45, 7) is 0.596. The van der Waals surface area contributed by atoms with Gasteiger partial charge in [-0.3, -0.25) is 9.36 Å². The first-order valence-corrected chi connectivity index (χ1v) is 11.3. The van der Waals surface area contributed by atoms with Crippen LogP contribution in [0.4, 0.5) is 14.5 Å². The van der Waals surface area contributed by atoms with Crippen LogP contribution in [0, 0.1) is 11.6 Å². The quantitative estimate of drug-likeness (QED) is 0.386. The Bertz CT molecular complexity index is 1330. The average Bonchev–Trinajstić information content (AvgIpc) is 3.47. The number of carbonyl (C=O) groups is 1. The van der Waals surface area contributed by atoms with Crippen LogP contribution in [0.15, 0.2) is 71.9 Å². The maximum absolute atomic E-state index is 13.9. The number of nitrogens with one attached hydrogen (secondary N) is 1. The molecule has 4 aromatic rings. The van der Waals surface area contributed by atoms with E-state index in [-0.39, 0.29) is 12.5 Å². The third kappa shape index (κ3) is 4.58. The molecule has 0 saturated carbocycles. The van der Waals surface area contributed by atoms with E-state index < -0.39 is 23.2 Å². The van der Waals surface area contributed by atoms with Gasteiger partial charge in [-0.2, -0.15) is 0 Å². The molecular formula is C24H18F2N4O3S. The second-order valence-electron chi connectivity index (χ2n) is 7.38. The van der Waals surface area contributed by atoms with Gasteiger partial charge < -0.3 is 14.8 Å². The van der Waals surface area contributed by atoms with Gasteiger partial charge in [0.1, 0.15) is 17.3 Å². The summed E-state index contributed by atoms with van der Waals surface area (Å²) in [6, 6.07) is 18.6. The monoisotopic (exact) mass is 480 g/mol. The first-order valence-electron chi connectivity index (χ1n) is 10.3. The van der Waals surface area contributed by atoms with Crippen molar-refractivity contribution in [1.29, 1.82) is 0 Å². The molecule has 0 unspecified atom stereocenters. The molecule has 1 N–H and O–H groups in total. The van der Waals surface area contributed by atoms with Crippen molar-refractivity contribution in [3.63, 3.8) is 0 Å². The number of carbonyl (C=O) groups excluding carboxylic acids is 1. The van der Waals surface area contributed by atoms with E-state index in [0.29, 0.717) is 29.0 Å². The number of thioether (sulfide) groups is 1. The molecule has 34 heavy (non-hydrogen) atoms. The van der Waals surface area contributed by atoms with E-state index >= 15 is 0 Å². The van der Waals surface area contributed by atoms with Crippen LogP contribution in [0.5, 0.6) is 11.5 Å². The van der Waals surface area contributed by atoms with Gasteiger partial charge in [0, 0.05) is 5.56 Å². The van der Waals surface area contributed by atoms with Crippen LogP contribution in [-0.4, -0.2) is 33.2 Å². The number of hydrogen-bond acceptors (Lipinski definition) is 6. The standard InChI is InChI=1S/C24H18F2N4O3S/c25-17-7-4-8-18(26)22(17)27-21(31)13-34-24-29-28-23(16-5-2-1-3-6-16)30(24)12-15-9-10-19-20(11-15)33-14-32-19/h1-11H,12-14H2,(H,27,31). The SMILES string of the molecule is O=C(CSc1nnc(-c2ccccc2)n1Cc1ccc2c(c1)OCO2)Nc1c(F)cccc1F. The highest BCUT2D eigenvalue weighted by Gasteiger charge is 2.19. The van der Waals surface area contributed by atoms with Crippen LogP contribution in [0.25, 0.3) is 11.4 Å². The van der Waals surface area contributed by atoms with Crippen LogP contribution in [0.3, 0.4) is 0 Å². The maximum atomic E-state index is 13.9. The second-order valence-corrected chi connectivity index (χ2v) is 8.32. The molecule has 0 aliphatic carbocycles. The molecule has 0 bridgehead atoms. The number of benzene rings is 3. The number of amides is 1. The summed E-state index contributed by atoms with van der Waals surface area (Å²) < 4.78 is 40.5. The molecule has 0 radical (unpaired) electrons. The predicted octanol–water partition coefficient (Wildman–Crippen LogP) is 4.73. The van der Waals surface area contributed by atoms with Crippen molar-refractivity contribution in [2.24, 2.45) is 0 Å². The Morgan fingerprint density at radius 2 is 1.74 bits per heavy atom. The van der Waals surface area contributed by atoms with Crippen LogP contribution >= 0.6 is 11.8 Å². The van der Waals surface area contributed by atoms with Crippen LogP contribution in [-0.2, 0) is 11.3 Å². The highest BCUT2D eigenvalue weighted by atomic mass is 32.2. The van der Waals surface area contributed by atoms with Crippen LogP contribution < -0.4 is 14.8 Å². The first-order chi connectivity index (χ1) is 16.6. The van der Waals surface area contributed by atoms with Gasteiger partial charge in [0.05, 0.1) is 12.3 Å². The smallest absolute Gasteiger partial charge is 0.235 e. The number of hydrogen-bond donors (Lipinski definition) is 1. The van der Waals surface area contributed by atoms with Gasteiger partial charge in [0.25, 0.3) is 0 Å². The van der Waals surface area contributed by atoms with Crippen molar-refractivity contribution < 1.29 is 23.0 Å². The summed E-state index contributed by atoms with van der Waals surface area (Å²) in [6.07, 6.45) is 0. The Hall–Kier alpha value is -3.92. The third-order valence-corrected chi connectivity index (χ3v) is 6.05. The Morgan fingerprint density at radius 1 is 0.971 bits per heavy atom. The summed E-state index contributed by atoms with van der Waals surface area (Å²) in [7, 11) is 0. The molecule has 7 nitrogen and oxygen atoms in total. The van der Waals surface area contributed by atoms with Crippen molar-refractivity contribution in [2.45, 2.75) is 11.7 Å². The van der Waals surface area contributed by atoms with Crippen LogP contribution in [0.2, 0.25) is 0 Å². The lowest BCUT2D eigenvalue weighted by atomic mass is 10.2. The molecule has 3 aromatic carbocycles. The molecule has 1 aliphatic heterocycles. The molecule has 0 spiro atoms. The lowest BCUT2D eigenvalue weighted by Crippen LogP contribution is -2.17. The van der Waals surface area contributed by atoms with E-state index in [0.717, 1.165) is 35.0 Å². The number of nitrogens with zero attached hydrogens (tertiary/aromatic N) is 3. The molecule has 1 amide bonds. The largest absolute Gasteiger partial charge is 0.454 e. The van der Waals surface area contributed by atoms with Gasteiger partial charge >= 0.3 is 0 Å². The Morgan fingerprint density at radius 3 is 2.53 bits per heavy atom. The van der Waals surface area contributed by atoms with Gasteiger partial charge in [-0.25, -0.2) is 8.78 Å². The molecule has 0 saturated heterocycles. The van der Waals surface area contributed by atoms with Crippen LogP contribution in [0.1, 0.15) is 5.56 Å². The molecule has 0 fully saturated rings. The number of fused-ring (bicyclic) bond motifs is 1. The van der Waals surface area contributed by atoms with Crippen molar-refractivity contribution in [1.82, 2.24) is 14.8 Å². The predicted molar refractivity (Wildman–Crippen MR) is 123 cm³/mol.